The van der Waals surface area contributed by atoms with Crippen LogP contribution < -0.4 is 11.1 Å². The molecule has 116 valence electrons. The molecule has 1 aliphatic rings. The summed E-state index contributed by atoms with van der Waals surface area (Å²) in [6.45, 7) is 8.74. The molecule has 0 bridgehead atoms. The number of unbranched alkanes of at least 4 members (excludes halogenated alkanes) is 1. The molecule has 0 radical (unpaired) electrons. The molecule has 1 saturated heterocycles. The Balaban J connectivity index is 1.68. The van der Waals surface area contributed by atoms with Crippen molar-refractivity contribution in [2.75, 3.05) is 31.5 Å². The average molecular weight is 288 g/mol. The van der Waals surface area contributed by atoms with Crippen molar-refractivity contribution >= 4 is 11.6 Å². The minimum Gasteiger partial charge on any atom is -0.370 e. The second kappa shape index (κ2) is 8.03. The van der Waals surface area contributed by atoms with Gasteiger partial charge in [-0.1, -0.05) is 6.07 Å². The first kappa shape index (κ1) is 15.8. The quantitative estimate of drug-likeness (QED) is 0.481. The second-order valence-electron chi connectivity index (χ2n) is 6.02. The monoisotopic (exact) mass is 288 g/mol. The van der Waals surface area contributed by atoms with Gasteiger partial charge in [0.1, 0.15) is 0 Å². The molecule has 0 atom stereocenters. The number of nitrogens with one attached hydrogen (secondary N) is 1. The predicted molar refractivity (Wildman–Crippen MR) is 90.9 cm³/mol. The number of anilines is 1. The Labute approximate surface area is 128 Å². The zero-order valence-corrected chi connectivity index (χ0v) is 13.4. The third kappa shape index (κ3) is 5.76. The van der Waals surface area contributed by atoms with Crippen LogP contribution in [-0.4, -0.2) is 37.0 Å². The first-order chi connectivity index (χ1) is 10.1. The number of rotatable bonds is 6. The van der Waals surface area contributed by atoms with Crippen LogP contribution in [0.1, 0.15) is 36.8 Å². The molecule has 1 aromatic carbocycles. The lowest BCUT2D eigenvalue weighted by molar-refractivity contribution is 0.331. The van der Waals surface area contributed by atoms with Crippen LogP contribution in [0.5, 0.6) is 0 Å². The van der Waals surface area contributed by atoms with Crippen LogP contribution in [0.25, 0.3) is 0 Å². The predicted octanol–water partition coefficient (Wildman–Crippen LogP) is 2.91. The number of nitrogens with zero attached hydrogens (tertiary/aromatic N) is 2. The Morgan fingerprint density at radius 2 is 1.81 bits per heavy atom. The SMILES string of the molecule is Cc1cc(C)cc(NC(N)=NCCCCN2CCCC2)c1. The summed E-state index contributed by atoms with van der Waals surface area (Å²) in [5.41, 5.74) is 9.42. The van der Waals surface area contributed by atoms with E-state index in [9.17, 15) is 0 Å². The molecule has 4 heteroatoms. The molecule has 1 fully saturated rings. The Morgan fingerprint density at radius 3 is 2.48 bits per heavy atom. The minimum atomic E-state index is 0.515. The number of hydrogen-bond donors (Lipinski definition) is 2. The van der Waals surface area contributed by atoms with E-state index in [2.05, 4.69) is 47.3 Å². The number of nitrogens with two attached hydrogens (primary N) is 1. The first-order valence-corrected chi connectivity index (χ1v) is 8.01. The van der Waals surface area contributed by atoms with Crippen molar-refractivity contribution < 1.29 is 0 Å². The summed E-state index contributed by atoms with van der Waals surface area (Å²) in [4.78, 5) is 6.95. The van der Waals surface area contributed by atoms with Gasteiger partial charge in [-0.25, -0.2) is 0 Å². The largest absolute Gasteiger partial charge is 0.370 e. The maximum atomic E-state index is 5.94. The molecule has 1 aliphatic heterocycles. The molecule has 1 aromatic rings. The molecule has 2 rings (SSSR count). The van der Waals surface area contributed by atoms with E-state index in [-0.39, 0.29) is 0 Å². The highest BCUT2D eigenvalue weighted by Crippen LogP contribution is 2.13. The zero-order valence-electron chi connectivity index (χ0n) is 13.4. The average Bonchev–Trinajstić information content (AvgIpc) is 2.90. The Bertz CT molecular complexity index is 455. The van der Waals surface area contributed by atoms with Gasteiger partial charge in [0.25, 0.3) is 0 Å². The van der Waals surface area contributed by atoms with E-state index in [0.717, 1.165) is 18.7 Å². The zero-order chi connectivity index (χ0) is 15.1. The summed E-state index contributed by atoms with van der Waals surface area (Å²) in [5.74, 6) is 0.515. The van der Waals surface area contributed by atoms with Crippen molar-refractivity contribution in [2.45, 2.75) is 39.5 Å². The van der Waals surface area contributed by atoms with Crippen molar-refractivity contribution in [3.8, 4) is 0 Å². The lowest BCUT2D eigenvalue weighted by atomic mass is 10.1. The van der Waals surface area contributed by atoms with Crippen LogP contribution in [0.15, 0.2) is 23.2 Å². The summed E-state index contributed by atoms with van der Waals surface area (Å²) in [6, 6.07) is 6.32. The molecule has 0 aliphatic carbocycles. The lowest BCUT2D eigenvalue weighted by Gasteiger charge is -2.13. The van der Waals surface area contributed by atoms with E-state index >= 15 is 0 Å². The fourth-order valence-corrected chi connectivity index (χ4v) is 2.89. The normalized spacial score (nSPS) is 16.4. The van der Waals surface area contributed by atoms with Crippen LogP contribution in [0.2, 0.25) is 0 Å². The van der Waals surface area contributed by atoms with Crippen LogP contribution in [0.4, 0.5) is 5.69 Å². The van der Waals surface area contributed by atoms with E-state index in [1.807, 2.05) is 0 Å². The third-order valence-electron chi connectivity index (χ3n) is 3.86. The highest BCUT2D eigenvalue weighted by atomic mass is 15.1. The van der Waals surface area contributed by atoms with Crippen molar-refractivity contribution in [2.24, 2.45) is 10.7 Å². The highest BCUT2D eigenvalue weighted by molar-refractivity contribution is 5.92. The molecular weight excluding hydrogens is 260 g/mol. The molecule has 1 heterocycles. The van der Waals surface area contributed by atoms with Crippen molar-refractivity contribution in [3.63, 3.8) is 0 Å². The van der Waals surface area contributed by atoms with Crippen molar-refractivity contribution in [1.29, 1.82) is 0 Å². The fraction of sp³-hybridized carbons (Fsp3) is 0.588. The van der Waals surface area contributed by atoms with Gasteiger partial charge in [0.2, 0.25) is 0 Å². The molecule has 0 unspecified atom stereocenters. The molecular formula is C17H28N4. The van der Waals surface area contributed by atoms with Gasteiger partial charge >= 0.3 is 0 Å². The summed E-state index contributed by atoms with van der Waals surface area (Å²) < 4.78 is 0. The van der Waals surface area contributed by atoms with E-state index < -0.39 is 0 Å². The molecule has 0 spiro atoms. The molecule has 3 N–H and O–H groups in total. The Morgan fingerprint density at radius 1 is 1.14 bits per heavy atom. The summed E-state index contributed by atoms with van der Waals surface area (Å²) in [5, 5.41) is 3.17. The number of aliphatic imine (C=N–C) groups is 1. The Kier molecular flexibility index (Phi) is 6.05. The topological polar surface area (TPSA) is 53.6 Å². The van der Waals surface area contributed by atoms with Gasteiger partial charge in [0.05, 0.1) is 0 Å². The van der Waals surface area contributed by atoms with Crippen LogP contribution in [-0.2, 0) is 0 Å². The highest BCUT2D eigenvalue weighted by Gasteiger charge is 2.09. The third-order valence-corrected chi connectivity index (χ3v) is 3.86. The van der Waals surface area contributed by atoms with Gasteiger partial charge in [-0.05, 0) is 82.4 Å². The van der Waals surface area contributed by atoms with E-state index in [1.54, 1.807) is 0 Å². The molecule has 21 heavy (non-hydrogen) atoms. The van der Waals surface area contributed by atoms with Crippen LogP contribution >= 0.6 is 0 Å². The maximum absolute atomic E-state index is 5.94. The molecule has 0 aromatic heterocycles. The molecule has 4 nitrogen and oxygen atoms in total. The second-order valence-corrected chi connectivity index (χ2v) is 6.02. The summed E-state index contributed by atoms with van der Waals surface area (Å²) in [6.07, 6.45) is 5.04. The number of guanidine groups is 1. The van der Waals surface area contributed by atoms with Gasteiger partial charge in [-0.15, -0.1) is 0 Å². The first-order valence-electron chi connectivity index (χ1n) is 8.01. The molecule has 0 amide bonds. The standard InChI is InChI=1S/C17H28N4/c1-14-11-15(2)13-16(12-14)20-17(18)19-7-3-4-8-21-9-5-6-10-21/h11-13H,3-10H2,1-2H3,(H3,18,19,20). The number of hydrogen-bond acceptors (Lipinski definition) is 2. The minimum absolute atomic E-state index is 0.515. The molecule has 0 saturated carbocycles. The fourth-order valence-electron chi connectivity index (χ4n) is 2.89. The lowest BCUT2D eigenvalue weighted by Crippen LogP contribution is -2.23. The smallest absolute Gasteiger partial charge is 0.193 e. The van der Waals surface area contributed by atoms with E-state index in [1.165, 1.54) is 50.0 Å². The summed E-state index contributed by atoms with van der Waals surface area (Å²) >= 11 is 0. The van der Waals surface area contributed by atoms with Crippen molar-refractivity contribution in [3.05, 3.63) is 29.3 Å². The van der Waals surface area contributed by atoms with Gasteiger partial charge in [0.15, 0.2) is 5.96 Å². The van der Waals surface area contributed by atoms with E-state index in [0.29, 0.717) is 5.96 Å². The van der Waals surface area contributed by atoms with Gasteiger partial charge in [-0.2, -0.15) is 0 Å². The van der Waals surface area contributed by atoms with Gasteiger partial charge in [0, 0.05) is 12.2 Å². The van der Waals surface area contributed by atoms with Crippen molar-refractivity contribution in [1.82, 2.24) is 4.90 Å². The number of benzene rings is 1. The van der Waals surface area contributed by atoms with Crippen LogP contribution in [0.3, 0.4) is 0 Å². The van der Waals surface area contributed by atoms with Gasteiger partial charge in [-0.3, -0.25) is 4.99 Å². The number of likely N-dealkylation sites (tertiary alicyclic amines) is 1. The Hall–Kier alpha value is -1.55. The van der Waals surface area contributed by atoms with Crippen LogP contribution in [0, 0.1) is 13.8 Å². The maximum Gasteiger partial charge on any atom is 0.193 e. The summed E-state index contributed by atoms with van der Waals surface area (Å²) in [7, 11) is 0. The van der Waals surface area contributed by atoms with Gasteiger partial charge < -0.3 is 16.0 Å². The van der Waals surface area contributed by atoms with E-state index in [4.69, 9.17) is 5.73 Å². The number of aryl methyl sites for hydroxylation is 2.